The van der Waals surface area contributed by atoms with Gasteiger partial charge in [-0.2, -0.15) is 0 Å². The molecule has 1 unspecified atom stereocenters. The van der Waals surface area contributed by atoms with Crippen LogP contribution in [0.25, 0.3) is 0 Å². The van der Waals surface area contributed by atoms with E-state index in [1.165, 1.54) is 24.3 Å². The molecule has 0 saturated heterocycles. The second-order valence-electron chi connectivity index (χ2n) is 4.17. The van der Waals surface area contributed by atoms with Crippen LogP contribution in [-0.2, 0) is 19.9 Å². The highest BCUT2D eigenvalue weighted by atomic mass is 32.2. The molecule has 0 bridgehead atoms. The number of nitrogens with one attached hydrogen (secondary N) is 1. The SMILES string of the molecule is CCC(C)NS(=O)(=O)c1ccc(S(C)(=O)=O)cc1. The maximum Gasteiger partial charge on any atom is 0.240 e. The second kappa shape index (κ2) is 5.38. The quantitative estimate of drug-likeness (QED) is 0.883. The Kier molecular flexibility index (Phi) is 4.52. The monoisotopic (exact) mass is 291 g/mol. The van der Waals surface area contributed by atoms with Crippen molar-refractivity contribution in [2.45, 2.75) is 36.1 Å². The van der Waals surface area contributed by atoms with Gasteiger partial charge in [-0.25, -0.2) is 21.6 Å². The smallest absolute Gasteiger partial charge is 0.224 e. The molecule has 18 heavy (non-hydrogen) atoms. The van der Waals surface area contributed by atoms with Crippen LogP contribution in [0.15, 0.2) is 34.1 Å². The third kappa shape index (κ3) is 3.79. The molecule has 0 fully saturated rings. The standard InChI is InChI=1S/C11H17NO4S2/c1-4-9(2)12-18(15,16)11-7-5-10(6-8-11)17(3,13)14/h5-9,12H,4H2,1-3H3. The Morgan fingerprint density at radius 1 is 1.06 bits per heavy atom. The van der Waals surface area contributed by atoms with Crippen LogP contribution in [0.1, 0.15) is 20.3 Å². The minimum Gasteiger partial charge on any atom is -0.224 e. The van der Waals surface area contributed by atoms with Crippen molar-refractivity contribution in [2.24, 2.45) is 0 Å². The second-order valence-corrected chi connectivity index (χ2v) is 7.90. The fraction of sp³-hybridized carbons (Fsp3) is 0.455. The van der Waals surface area contributed by atoms with Crippen molar-refractivity contribution in [1.29, 1.82) is 0 Å². The maximum absolute atomic E-state index is 11.9. The van der Waals surface area contributed by atoms with Crippen LogP contribution in [0.4, 0.5) is 0 Å². The van der Waals surface area contributed by atoms with Gasteiger partial charge in [0, 0.05) is 12.3 Å². The number of rotatable bonds is 5. The van der Waals surface area contributed by atoms with Crippen LogP contribution in [-0.4, -0.2) is 29.1 Å². The van der Waals surface area contributed by atoms with Crippen LogP contribution in [0, 0.1) is 0 Å². The molecule has 1 aromatic carbocycles. The average molecular weight is 291 g/mol. The van der Waals surface area contributed by atoms with Gasteiger partial charge < -0.3 is 0 Å². The van der Waals surface area contributed by atoms with E-state index in [1.807, 2.05) is 6.92 Å². The molecule has 5 nitrogen and oxygen atoms in total. The Hall–Kier alpha value is -0.920. The van der Waals surface area contributed by atoms with E-state index in [0.29, 0.717) is 6.42 Å². The lowest BCUT2D eigenvalue weighted by Gasteiger charge is -2.12. The van der Waals surface area contributed by atoms with Gasteiger partial charge in [-0.3, -0.25) is 0 Å². The molecule has 0 aliphatic rings. The minimum atomic E-state index is -3.58. The largest absolute Gasteiger partial charge is 0.240 e. The fourth-order valence-electron chi connectivity index (χ4n) is 1.28. The van der Waals surface area contributed by atoms with Crippen LogP contribution >= 0.6 is 0 Å². The Morgan fingerprint density at radius 2 is 1.50 bits per heavy atom. The molecule has 0 aliphatic heterocycles. The molecule has 102 valence electrons. The minimum absolute atomic E-state index is 0.0650. The Balaban J connectivity index is 3.06. The summed E-state index contributed by atoms with van der Waals surface area (Å²) in [5.74, 6) is 0. The Bertz CT molecular complexity index is 603. The molecule has 0 aliphatic carbocycles. The third-order valence-corrected chi connectivity index (χ3v) is 5.26. The van der Waals surface area contributed by atoms with E-state index in [4.69, 9.17) is 0 Å². The summed E-state index contributed by atoms with van der Waals surface area (Å²) in [6.07, 6.45) is 1.76. The molecule has 1 aromatic rings. The van der Waals surface area contributed by atoms with Crippen LogP contribution < -0.4 is 4.72 Å². The number of hydrogen-bond donors (Lipinski definition) is 1. The van der Waals surface area contributed by atoms with Gasteiger partial charge in [0.25, 0.3) is 0 Å². The van der Waals surface area contributed by atoms with Gasteiger partial charge in [-0.05, 0) is 37.6 Å². The van der Waals surface area contributed by atoms with Gasteiger partial charge in [-0.1, -0.05) is 6.92 Å². The van der Waals surface area contributed by atoms with Crippen molar-refractivity contribution in [3.8, 4) is 0 Å². The van der Waals surface area contributed by atoms with Crippen molar-refractivity contribution < 1.29 is 16.8 Å². The summed E-state index contributed by atoms with van der Waals surface area (Å²) in [7, 11) is -6.89. The van der Waals surface area contributed by atoms with Crippen molar-refractivity contribution in [1.82, 2.24) is 4.72 Å². The van der Waals surface area contributed by atoms with Gasteiger partial charge in [-0.15, -0.1) is 0 Å². The highest BCUT2D eigenvalue weighted by Crippen LogP contribution is 2.14. The molecule has 0 amide bonds. The molecule has 7 heteroatoms. The summed E-state index contributed by atoms with van der Waals surface area (Å²) in [5, 5.41) is 0. The zero-order valence-electron chi connectivity index (χ0n) is 10.5. The number of sulfonamides is 1. The zero-order chi connectivity index (χ0) is 14.0. The first-order chi connectivity index (χ1) is 8.16. The topological polar surface area (TPSA) is 80.3 Å². The highest BCUT2D eigenvalue weighted by Gasteiger charge is 2.17. The van der Waals surface area contributed by atoms with Crippen LogP contribution in [0.3, 0.4) is 0 Å². The van der Waals surface area contributed by atoms with Crippen LogP contribution in [0.2, 0.25) is 0 Å². The molecule has 1 N–H and O–H groups in total. The summed E-state index contributed by atoms with van der Waals surface area (Å²) in [6.45, 7) is 3.64. The first-order valence-electron chi connectivity index (χ1n) is 5.49. The van der Waals surface area contributed by atoms with E-state index in [-0.39, 0.29) is 15.8 Å². The van der Waals surface area contributed by atoms with Crippen molar-refractivity contribution >= 4 is 19.9 Å². The predicted molar refractivity (Wildman–Crippen MR) is 69.6 cm³/mol. The van der Waals surface area contributed by atoms with E-state index >= 15 is 0 Å². The van der Waals surface area contributed by atoms with Crippen molar-refractivity contribution in [3.63, 3.8) is 0 Å². The van der Waals surface area contributed by atoms with E-state index < -0.39 is 19.9 Å². The molecule has 0 saturated carbocycles. The van der Waals surface area contributed by atoms with Gasteiger partial charge >= 0.3 is 0 Å². The lowest BCUT2D eigenvalue weighted by atomic mass is 10.3. The molecule has 1 atom stereocenters. The lowest BCUT2D eigenvalue weighted by molar-refractivity contribution is 0.555. The van der Waals surface area contributed by atoms with E-state index in [2.05, 4.69) is 4.72 Å². The summed E-state index contributed by atoms with van der Waals surface area (Å²) < 4.78 is 48.8. The first kappa shape index (κ1) is 15.1. The number of benzene rings is 1. The fourth-order valence-corrected chi connectivity index (χ4v) is 3.24. The van der Waals surface area contributed by atoms with Gasteiger partial charge in [0.15, 0.2) is 9.84 Å². The highest BCUT2D eigenvalue weighted by molar-refractivity contribution is 7.90. The lowest BCUT2D eigenvalue weighted by Crippen LogP contribution is -2.31. The first-order valence-corrected chi connectivity index (χ1v) is 8.86. The van der Waals surface area contributed by atoms with E-state index in [9.17, 15) is 16.8 Å². The summed E-state index contributed by atoms with van der Waals surface area (Å²) >= 11 is 0. The summed E-state index contributed by atoms with van der Waals surface area (Å²) in [4.78, 5) is 0.167. The summed E-state index contributed by atoms with van der Waals surface area (Å²) in [6, 6.07) is 5.01. The normalized spacial score (nSPS) is 14.4. The third-order valence-electron chi connectivity index (χ3n) is 2.53. The number of hydrogen-bond acceptors (Lipinski definition) is 4. The van der Waals surface area contributed by atoms with Crippen LogP contribution in [0.5, 0.6) is 0 Å². The van der Waals surface area contributed by atoms with Gasteiger partial charge in [0.05, 0.1) is 9.79 Å². The molecule has 0 spiro atoms. The molecule has 1 rings (SSSR count). The number of sulfone groups is 1. The Labute approximate surface area is 108 Å². The Morgan fingerprint density at radius 3 is 1.89 bits per heavy atom. The predicted octanol–water partition coefficient (Wildman–Crippen LogP) is 1.17. The maximum atomic E-state index is 11.9. The molecular weight excluding hydrogens is 274 g/mol. The zero-order valence-corrected chi connectivity index (χ0v) is 12.2. The van der Waals surface area contributed by atoms with Gasteiger partial charge in [0.2, 0.25) is 10.0 Å². The van der Waals surface area contributed by atoms with E-state index in [0.717, 1.165) is 6.26 Å². The molecular formula is C11H17NO4S2. The van der Waals surface area contributed by atoms with Gasteiger partial charge in [0.1, 0.15) is 0 Å². The summed E-state index contributed by atoms with van der Waals surface area (Å²) in [5.41, 5.74) is 0. The molecule has 0 radical (unpaired) electrons. The van der Waals surface area contributed by atoms with Crippen molar-refractivity contribution in [2.75, 3.05) is 6.26 Å². The van der Waals surface area contributed by atoms with Crippen molar-refractivity contribution in [3.05, 3.63) is 24.3 Å². The molecule has 0 heterocycles. The average Bonchev–Trinajstić information content (AvgIpc) is 2.27. The van der Waals surface area contributed by atoms with E-state index in [1.54, 1.807) is 6.92 Å². The molecule has 0 aromatic heterocycles.